The van der Waals surface area contributed by atoms with Crippen LogP contribution in [0.4, 0.5) is 5.69 Å². The third-order valence-corrected chi connectivity index (χ3v) is 7.33. The maximum absolute atomic E-state index is 5.83. The van der Waals surface area contributed by atoms with E-state index in [9.17, 15) is 0 Å². The van der Waals surface area contributed by atoms with Crippen LogP contribution in [0.5, 0.6) is 0 Å². The van der Waals surface area contributed by atoms with Crippen LogP contribution in [-0.2, 0) is 6.42 Å². The molecule has 0 radical (unpaired) electrons. The summed E-state index contributed by atoms with van der Waals surface area (Å²) < 4.78 is 1.17. The lowest BCUT2D eigenvalue weighted by Crippen LogP contribution is -2.49. The normalized spacial score (nSPS) is 18.3. The molecule has 0 aromatic heterocycles. The first-order chi connectivity index (χ1) is 16.5. The van der Waals surface area contributed by atoms with E-state index in [1.807, 2.05) is 12.1 Å². The minimum Gasteiger partial charge on any atom is -0.355 e. The van der Waals surface area contributed by atoms with Gasteiger partial charge in [-0.25, -0.2) is 4.99 Å². The molecule has 34 heavy (non-hydrogen) atoms. The molecule has 0 fully saturated rings. The molecule has 176 valence electrons. The van der Waals surface area contributed by atoms with Crippen molar-refractivity contribution in [2.24, 2.45) is 4.99 Å². The molecule has 4 rings (SSSR count). The number of aliphatic imine (C=N–C) groups is 1. The number of anilines is 1. The molecular weight excluding hydrogens is 551 g/mol. The van der Waals surface area contributed by atoms with Gasteiger partial charge < -0.3 is 10.6 Å². The molecule has 0 spiro atoms. The number of halogens is 1. The Labute approximate surface area is 222 Å². The van der Waals surface area contributed by atoms with Crippen molar-refractivity contribution in [2.75, 3.05) is 11.9 Å². The van der Waals surface area contributed by atoms with Crippen LogP contribution in [0.1, 0.15) is 37.3 Å². The van der Waals surface area contributed by atoms with Crippen LogP contribution in [0, 0.1) is 3.57 Å². The van der Waals surface area contributed by atoms with Gasteiger partial charge in [0.2, 0.25) is 5.96 Å². The van der Waals surface area contributed by atoms with Crippen LogP contribution >= 0.6 is 34.8 Å². The predicted octanol–water partition coefficient (Wildman–Crippen LogP) is 6.44. The van der Waals surface area contributed by atoms with Crippen molar-refractivity contribution < 1.29 is 0 Å². The Morgan fingerprint density at radius 3 is 2.41 bits per heavy atom. The van der Waals surface area contributed by atoms with Gasteiger partial charge in [0.05, 0.1) is 12.1 Å². The molecule has 1 aliphatic heterocycles. The second-order valence-electron chi connectivity index (χ2n) is 8.76. The second-order valence-corrected chi connectivity index (χ2v) is 10.4. The number of hydrogen-bond acceptors (Lipinski definition) is 3. The quantitative estimate of drug-likeness (QED) is 0.249. The molecular formula is C28H31IN4S. The topological polar surface area (TPSA) is 39.7 Å². The van der Waals surface area contributed by atoms with Crippen molar-refractivity contribution in [1.29, 1.82) is 0 Å². The molecule has 0 saturated carbocycles. The standard InChI is InChI=1S/C28H31IN4S/c1-20-21(2)33(28(34)32-26-15-9-14-25(29)18-26)27(31-20)30-19-24(23-12-7-4-8-13-23)17-16-22-10-5-3-6-11-22/h3-15,18,20-21,24H,16-17,19H2,1-2H3,(H,30,31)(H,32,34). The number of guanidine groups is 1. The van der Waals surface area contributed by atoms with Gasteiger partial charge in [-0.3, -0.25) is 4.90 Å². The Bertz CT molecular complexity index is 1120. The van der Waals surface area contributed by atoms with E-state index in [-0.39, 0.29) is 12.1 Å². The van der Waals surface area contributed by atoms with Crippen LogP contribution < -0.4 is 10.6 Å². The average molecular weight is 583 g/mol. The predicted molar refractivity (Wildman–Crippen MR) is 156 cm³/mol. The van der Waals surface area contributed by atoms with E-state index in [1.54, 1.807) is 0 Å². The Morgan fingerprint density at radius 2 is 1.71 bits per heavy atom. The number of nitrogens with one attached hydrogen (secondary N) is 2. The van der Waals surface area contributed by atoms with E-state index in [0.29, 0.717) is 11.0 Å². The monoisotopic (exact) mass is 582 g/mol. The molecule has 3 atom stereocenters. The summed E-state index contributed by atoms with van der Waals surface area (Å²) in [5, 5.41) is 7.73. The molecule has 4 nitrogen and oxygen atoms in total. The molecule has 1 aliphatic rings. The number of thiocarbonyl (C=S) groups is 1. The maximum Gasteiger partial charge on any atom is 0.200 e. The number of rotatable bonds is 7. The summed E-state index contributed by atoms with van der Waals surface area (Å²) >= 11 is 8.14. The van der Waals surface area contributed by atoms with E-state index in [1.165, 1.54) is 14.7 Å². The first-order valence-corrected chi connectivity index (χ1v) is 13.3. The Balaban J connectivity index is 1.46. The molecule has 0 saturated heterocycles. The number of benzene rings is 3. The largest absolute Gasteiger partial charge is 0.355 e. The van der Waals surface area contributed by atoms with Gasteiger partial charge in [0.15, 0.2) is 5.11 Å². The SMILES string of the molecule is CC1N=C(NCC(CCc2ccccc2)c2ccccc2)N(C(=S)Nc2cccc(I)c2)C1C. The van der Waals surface area contributed by atoms with Crippen molar-refractivity contribution in [2.45, 2.75) is 44.7 Å². The van der Waals surface area contributed by atoms with Crippen LogP contribution in [0.15, 0.2) is 89.9 Å². The highest BCUT2D eigenvalue weighted by Crippen LogP contribution is 2.23. The third-order valence-electron chi connectivity index (χ3n) is 6.36. The van der Waals surface area contributed by atoms with Gasteiger partial charge >= 0.3 is 0 Å². The summed E-state index contributed by atoms with van der Waals surface area (Å²) in [7, 11) is 0. The lowest BCUT2D eigenvalue weighted by molar-refractivity contribution is 0.447. The van der Waals surface area contributed by atoms with E-state index in [4.69, 9.17) is 17.2 Å². The summed E-state index contributed by atoms with van der Waals surface area (Å²) in [6.07, 6.45) is 2.10. The highest BCUT2D eigenvalue weighted by Gasteiger charge is 2.33. The van der Waals surface area contributed by atoms with Crippen LogP contribution in [0.3, 0.4) is 0 Å². The van der Waals surface area contributed by atoms with Gasteiger partial charge in [0.25, 0.3) is 0 Å². The van der Waals surface area contributed by atoms with Gasteiger partial charge in [0, 0.05) is 21.7 Å². The van der Waals surface area contributed by atoms with E-state index in [2.05, 4.69) is 125 Å². The van der Waals surface area contributed by atoms with E-state index < -0.39 is 0 Å². The van der Waals surface area contributed by atoms with Gasteiger partial charge in [-0.05, 0) is 90.8 Å². The Morgan fingerprint density at radius 1 is 1.00 bits per heavy atom. The van der Waals surface area contributed by atoms with Gasteiger partial charge in [-0.1, -0.05) is 66.7 Å². The maximum atomic E-state index is 5.83. The minimum atomic E-state index is 0.164. The fraction of sp³-hybridized carbons (Fsp3) is 0.286. The summed E-state index contributed by atoms with van der Waals surface area (Å²) in [6.45, 7) is 5.12. The number of aryl methyl sites for hydroxylation is 1. The van der Waals surface area contributed by atoms with Crippen molar-refractivity contribution in [3.8, 4) is 0 Å². The van der Waals surface area contributed by atoms with Gasteiger partial charge in [-0.2, -0.15) is 0 Å². The summed E-state index contributed by atoms with van der Waals surface area (Å²) in [5.41, 5.74) is 3.71. The van der Waals surface area contributed by atoms with E-state index in [0.717, 1.165) is 31.0 Å². The molecule has 1 heterocycles. The summed E-state index contributed by atoms with van der Waals surface area (Å²) in [5.74, 6) is 1.22. The van der Waals surface area contributed by atoms with Crippen LogP contribution in [0.2, 0.25) is 0 Å². The second kappa shape index (κ2) is 11.8. The summed E-state index contributed by atoms with van der Waals surface area (Å²) in [4.78, 5) is 7.04. The van der Waals surface area contributed by atoms with Crippen molar-refractivity contribution in [1.82, 2.24) is 10.2 Å². The molecule has 0 aliphatic carbocycles. The molecule has 3 aromatic rings. The zero-order valence-corrected chi connectivity index (χ0v) is 22.6. The van der Waals surface area contributed by atoms with Gasteiger partial charge in [0.1, 0.15) is 0 Å². The van der Waals surface area contributed by atoms with E-state index >= 15 is 0 Å². The first kappa shape index (κ1) is 24.7. The zero-order chi connectivity index (χ0) is 23.9. The molecule has 3 unspecified atom stereocenters. The molecule has 6 heteroatoms. The fourth-order valence-electron chi connectivity index (χ4n) is 4.25. The highest BCUT2D eigenvalue weighted by molar-refractivity contribution is 14.1. The number of nitrogens with zero attached hydrogens (tertiary/aromatic N) is 2. The smallest absolute Gasteiger partial charge is 0.200 e. The average Bonchev–Trinajstić information content (AvgIpc) is 3.13. The van der Waals surface area contributed by atoms with Crippen molar-refractivity contribution >= 4 is 51.6 Å². The summed E-state index contributed by atoms with van der Waals surface area (Å²) in [6, 6.07) is 30.1. The zero-order valence-electron chi connectivity index (χ0n) is 19.6. The lowest BCUT2D eigenvalue weighted by atomic mass is 9.92. The Hall–Kier alpha value is -2.45. The lowest BCUT2D eigenvalue weighted by Gasteiger charge is -2.29. The molecule has 3 aromatic carbocycles. The molecule has 0 bridgehead atoms. The van der Waals surface area contributed by atoms with Crippen molar-refractivity contribution in [3.63, 3.8) is 0 Å². The first-order valence-electron chi connectivity index (χ1n) is 11.8. The van der Waals surface area contributed by atoms with Crippen LogP contribution in [-0.4, -0.2) is 34.6 Å². The molecule has 0 amide bonds. The third kappa shape index (κ3) is 6.36. The molecule has 2 N–H and O–H groups in total. The fourth-order valence-corrected chi connectivity index (χ4v) is 5.16. The number of hydrogen-bond donors (Lipinski definition) is 2. The van der Waals surface area contributed by atoms with Crippen LogP contribution in [0.25, 0.3) is 0 Å². The highest BCUT2D eigenvalue weighted by atomic mass is 127. The minimum absolute atomic E-state index is 0.164. The van der Waals surface area contributed by atoms with Gasteiger partial charge in [-0.15, -0.1) is 0 Å². The van der Waals surface area contributed by atoms with Crippen molar-refractivity contribution in [3.05, 3.63) is 99.6 Å². The Kier molecular flexibility index (Phi) is 8.56.